The minimum atomic E-state index is -0.567. The van der Waals surface area contributed by atoms with Gasteiger partial charge >= 0.3 is 0 Å². The average Bonchev–Trinajstić information content (AvgIpc) is 2.75. The molecule has 0 aliphatic rings. The van der Waals surface area contributed by atoms with Gasteiger partial charge in [-0.3, -0.25) is 24.3 Å². The second-order valence-corrected chi connectivity index (χ2v) is 7.54. The Morgan fingerprint density at radius 2 is 1.97 bits per heavy atom. The zero-order chi connectivity index (χ0) is 22.7. The molecule has 2 aromatic carbocycles. The normalized spacial score (nSPS) is 12.0. The molecule has 31 heavy (non-hydrogen) atoms. The molecular weight excluding hydrogens is 420 g/mol. The van der Waals surface area contributed by atoms with Crippen LogP contribution in [0.25, 0.3) is 10.9 Å². The van der Waals surface area contributed by atoms with Gasteiger partial charge < -0.3 is 4.90 Å². The number of hydrogen-bond acceptors (Lipinski definition) is 5. The zero-order valence-electron chi connectivity index (χ0n) is 17.5. The molecule has 1 amide bonds. The van der Waals surface area contributed by atoms with E-state index < -0.39 is 11.0 Å². The van der Waals surface area contributed by atoms with E-state index in [1.54, 1.807) is 27.7 Å². The van der Waals surface area contributed by atoms with Crippen molar-refractivity contribution in [3.05, 3.63) is 79.3 Å². The minimum Gasteiger partial charge on any atom is -0.329 e. The van der Waals surface area contributed by atoms with Crippen LogP contribution in [-0.4, -0.2) is 31.8 Å². The predicted molar refractivity (Wildman–Crippen MR) is 120 cm³/mol. The Bertz CT molecular complexity index is 1210. The number of benzene rings is 2. The Morgan fingerprint density at radius 1 is 1.26 bits per heavy atom. The molecule has 0 aliphatic carbocycles. The molecule has 1 heterocycles. The van der Waals surface area contributed by atoms with Crippen molar-refractivity contribution in [2.75, 3.05) is 6.54 Å². The highest BCUT2D eigenvalue weighted by molar-refractivity contribution is 6.34. The van der Waals surface area contributed by atoms with Crippen LogP contribution in [-0.2, 0) is 6.54 Å². The number of nitro groups is 1. The zero-order valence-corrected chi connectivity index (χ0v) is 18.3. The largest absolute Gasteiger partial charge is 0.329 e. The van der Waals surface area contributed by atoms with Crippen molar-refractivity contribution in [2.45, 2.75) is 39.8 Å². The van der Waals surface area contributed by atoms with E-state index in [0.29, 0.717) is 29.8 Å². The number of aromatic nitrogens is 2. The monoisotopic (exact) mass is 442 g/mol. The summed E-state index contributed by atoms with van der Waals surface area (Å²) in [6, 6.07) is 10.4. The Hall–Kier alpha value is -3.26. The van der Waals surface area contributed by atoms with Crippen molar-refractivity contribution in [3.8, 4) is 0 Å². The number of carbonyl (C=O) groups is 1. The third-order valence-electron chi connectivity index (χ3n) is 5.17. The van der Waals surface area contributed by atoms with E-state index in [4.69, 9.17) is 16.6 Å². The molecule has 0 saturated carbocycles. The summed E-state index contributed by atoms with van der Waals surface area (Å²) in [5, 5.41) is 11.5. The second-order valence-electron chi connectivity index (χ2n) is 7.13. The van der Waals surface area contributed by atoms with Gasteiger partial charge in [0.05, 0.1) is 32.5 Å². The van der Waals surface area contributed by atoms with Crippen LogP contribution in [0.2, 0.25) is 5.02 Å². The van der Waals surface area contributed by atoms with Gasteiger partial charge in [0, 0.05) is 25.2 Å². The second kappa shape index (κ2) is 9.26. The van der Waals surface area contributed by atoms with Crippen LogP contribution in [0.1, 0.15) is 49.4 Å². The number of non-ortho nitro benzene ring substituents is 1. The molecule has 1 unspecified atom stereocenters. The average molecular weight is 443 g/mol. The third kappa shape index (κ3) is 4.29. The van der Waals surface area contributed by atoms with Crippen LogP contribution < -0.4 is 5.56 Å². The van der Waals surface area contributed by atoms with E-state index >= 15 is 0 Å². The van der Waals surface area contributed by atoms with Crippen LogP contribution in [0.3, 0.4) is 0 Å². The molecule has 0 spiro atoms. The van der Waals surface area contributed by atoms with Crippen molar-refractivity contribution >= 4 is 34.1 Å². The van der Waals surface area contributed by atoms with E-state index in [1.165, 1.54) is 12.1 Å². The van der Waals surface area contributed by atoms with Gasteiger partial charge in [0.15, 0.2) is 0 Å². The first-order chi connectivity index (χ1) is 14.8. The molecule has 0 fully saturated rings. The first-order valence-corrected chi connectivity index (χ1v) is 10.4. The quantitative estimate of drug-likeness (QED) is 0.393. The fraction of sp³-hybridized carbons (Fsp3) is 0.318. The number of nitro benzene ring substituents is 1. The summed E-state index contributed by atoms with van der Waals surface area (Å²) in [6.07, 6.45) is 0.730. The Kier molecular flexibility index (Phi) is 6.70. The topological polar surface area (TPSA) is 98.3 Å². The lowest BCUT2D eigenvalue weighted by Crippen LogP contribution is -2.37. The molecular formula is C22H23ClN4O4. The molecule has 162 valence electrons. The van der Waals surface area contributed by atoms with Gasteiger partial charge in [0.2, 0.25) is 0 Å². The molecule has 8 nitrogen and oxygen atoms in total. The Morgan fingerprint density at radius 3 is 2.58 bits per heavy atom. The standard InChI is InChI=1S/C22H23ClN4O4/c1-4-12-26-20(24-19-9-7-6-8-17(19)22(26)29)14(3)25(5-2)21(28)16-11-10-15(27(30)31)13-18(16)23/h6-11,13-14H,4-5,12H2,1-3H3. The van der Waals surface area contributed by atoms with Crippen LogP contribution in [0, 0.1) is 10.1 Å². The lowest BCUT2D eigenvalue weighted by Gasteiger charge is -2.29. The number of nitrogens with zero attached hydrogens (tertiary/aromatic N) is 4. The van der Waals surface area contributed by atoms with E-state index in [-0.39, 0.29) is 27.7 Å². The van der Waals surface area contributed by atoms with E-state index in [1.807, 2.05) is 26.8 Å². The highest BCUT2D eigenvalue weighted by Crippen LogP contribution is 2.27. The summed E-state index contributed by atoms with van der Waals surface area (Å²) in [7, 11) is 0. The maximum atomic E-state index is 13.3. The smallest absolute Gasteiger partial charge is 0.270 e. The van der Waals surface area contributed by atoms with Crippen molar-refractivity contribution in [1.29, 1.82) is 0 Å². The lowest BCUT2D eigenvalue weighted by molar-refractivity contribution is -0.384. The van der Waals surface area contributed by atoms with Gasteiger partial charge in [0.1, 0.15) is 5.82 Å². The third-order valence-corrected chi connectivity index (χ3v) is 5.49. The summed E-state index contributed by atoms with van der Waals surface area (Å²) in [6.45, 7) is 6.40. The number of rotatable bonds is 7. The number of carbonyl (C=O) groups excluding carboxylic acids is 1. The van der Waals surface area contributed by atoms with E-state index in [0.717, 1.165) is 12.5 Å². The summed E-state index contributed by atoms with van der Waals surface area (Å²) < 4.78 is 1.61. The number of amides is 1. The molecule has 1 atom stereocenters. The SMILES string of the molecule is CCCn1c(C(C)N(CC)C(=O)c2ccc([N+](=O)[O-])cc2Cl)nc2ccccc2c1=O. The predicted octanol–water partition coefficient (Wildman–Crippen LogP) is 4.59. The lowest BCUT2D eigenvalue weighted by atomic mass is 10.1. The fourth-order valence-corrected chi connectivity index (χ4v) is 3.88. The van der Waals surface area contributed by atoms with Gasteiger partial charge in [-0.15, -0.1) is 0 Å². The fourth-order valence-electron chi connectivity index (χ4n) is 3.62. The molecule has 0 radical (unpaired) electrons. The van der Waals surface area contributed by atoms with Crippen LogP contribution in [0.15, 0.2) is 47.3 Å². The number of fused-ring (bicyclic) bond motifs is 1. The van der Waals surface area contributed by atoms with Crippen LogP contribution in [0.5, 0.6) is 0 Å². The van der Waals surface area contributed by atoms with E-state index in [2.05, 4.69) is 0 Å². The van der Waals surface area contributed by atoms with Gasteiger partial charge in [-0.25, -0.2) is 4.98 Å². The number of hydrogen-bond donors (Lipinski definition) is 0. The van der Waals surface area contributed by atoms with Crippen LogP contribution in [0.4, 0.5) is 5.69 Å². The molecule has 0 aliphatic heterocycles. The molecule has 0 bridgehead atoms. The van der Waals surface area contributed by atoms with Crippen molar-refractivity contribution in [1.82, 2.24) is 14.5 Å². The first-order valence-electron chi connectivity index (χ1n) is 10.0. The summed E-state index contributed by atoms with van der Waals surface area (Å²) in [5.74, 6) is 0.0964. The van der Waals surface area contributed by atoms with Gasteiger partial charge in [-0.1, -0.05) is 30.7 Å². The van der Waals surface area contributed by atoms with Gasteiger partial charge in [-0.05, 0) is 38.5 Å². The Labute approximate surface area is 184 Å². The highest BCUT2D eigenvalue weighted by atomic mass is 35.5. The molecule has 1 aromatic heterocycles. The maximum absolute atomic E-state index is 13.3. The summed E-state index contributed by atoms with van der Waals surface area (Å²) in [5.41, 5.74) is 0.390. The van der Waals surface area contributed by atoms with Crippen molar-refractivity contribution in [3.63, 3.8) is 0 Å². The maximum Gasteiger partial charge on any atom is 0.270 e. The van der Waals surface area contributed by atoms with Crippen molar-refractivity contribution in [2.24, 2.45) is 0 Å². The first kappa shape index (κ1) is 22.4. The van der Waals surface area contributed by atoms with E-state index in [9.17, 15) is 19.7 Å². The molecule has 9 heteroatoms. The highest BCUT2D eigenvalue weighted by Gasteiger charge is 2.27. The Balaban J connectivity index is 2.08. The van der Waals surface area contributed by atoms with Crippen LogP contribution >= 0.6 is 11.6 Å². The number of halogens is 1. The summed E-state index contributed by atoms with van der Waals surface area (Å²) in [4.78, 5) is 43.0. The van der Waals surface area contributed by atoms with Gasteiger partial charge in [0.25, 0.3) is 17.2 Å². The summed E-state index contributed by atoms with van der Waals surface area (Å²) >= 11 is 6.18. The van der Waals surface area contributed by atoms with Gasteiger partial charge in [-0.2, -0.15) is 0 Å². The molecule has 0 saturated heterocycles. The number of para-hydroxylation sites is 1. The molecule has 0 N–H and O–H groups in total. The molecule has 3 rings (SSSR count). The molecule has 3 aromatic rings. The minimum absolute atomic E-state index is 0.00210. The van der Waals surface area contributed by atoms with Crippen molar-refractivity contribution < 1.29 is 9.72 Å².